The number of rotatable bonds is 5. The summed E-state index contributed by atoms with van der Waals surface area (Å²) in [6.07, 6.45) is 1.24. The standard InChI is InChI=1S/C11H15NO2/c12-6-5-9-1-3-10(4-2-9)13-7-11-8-14-11/h1-4,11H,5-8,12H2. The molecule has 0 spiro atoms. The summed E-state index contributed by atoms with van der Waals surface area (Å²) in [6.45, 7) is 2.19. The molecule has 1 aliphatic heterocycles. The summed E-state index contributed by atoms with van der Waals surface area (Å²) in [5.74, 6) is 0.904. The van der Waals surface area contributed by atoms with Crippen LogP contribution in [0.2, 0.25) is 0 Å². The van der Waals surface area contributed by atoms with Crippen molar-refractivity contribution < 1.29 is 9.47 Å². The Hall–Kier alpha value is -1.06. The molecule has 0 amide bonds. The van der Waals surface area contributed by atoms with E-state index in [1.54, 1.807) is 0 Å². The van der Waals surface area contributed by atoms with Crippen molar-refractivity contribution in [1.29, 1.82) is 0 Å². The van der Waals surface area contributed by atoms with E-state index in [1.807, 2.05) is 12.1 Å². The van der Waals surface area contributed by atoms with Gasteiger partial charge in [-0.05, 0) is 30.7 Å². The third-order valence-electron chi connectivity index (χ3n) is 2.19. The van der Waals surface area contributed by atoms with Gasteiger partial charge in [0.25, 0.3) is 0 Å². The van der Waals surface area contributed by atoms with E-state index < -0.39 is 0 Å². The zero-order valence-electron chi connectivity index (χ0n) is 8.11. The van der Waals surface area contributed by atoms with E-state index in [4.69, 9.17) is 15.2 Å². The molecule has 0 saturated carbocycles. The van der Waals surface area contributed by atoms with Gasteiger partial charge in [-0.15, -0.1) is 0 Å². The molecule has 3 heteroatoms. The summed E-state index contributed by atoms with van der Waals surface area (Å²) in [4.78, 5) is 0. The zero-order valence-corrected chi connectivity index (χ0v) is 8.11. The number of hydrogen-bond donors (Lipinski definition) is 1. The highest BCUT2D eigenvalue weighted by Crippen LogP contribution is 2.15. The van der Waals surface area contributed by atoms with Gasteiger partial charge in [0.2, 0.25) is 0 Å². The first-order chi connectivity index (χ1) is 6.88. The lowest BCUT2D eigenvalue weighted by Gasteiger charge is -2.04. The van der Waals surface area contributed by atoms with E-state index in [-0.39, 0.29) is 0 Å². The van der Waals surface area contributed by atoms with Crippen LogP contribution in [0.3, 0.4) is 0 Å². The Morgan fingerprint density at radius 3 is 2.64 bits per heavy atom. The number of benzene rings is 1. The van der Waals surface area contributed by atoms with Crippen LogP contribution in [-0.2, 0) is 11.2 Å². The summed E-state index contributed by atoms with van der Waals surface area (Å²) >= 11 is 0. The van der Waals surface area contributed by atoms with Crippen molar-refractivity contribution in [2.75, 3.05) is 19.8 Å². The monoisotopic (exact) mass is 193 g/mol. The second-order valence-electron chi connectivity index (χ2n) is 3.45. The van der Waals surface area contributed by atoms with Crippen molar-refractivity contribution in [3.05, 3.63) is 29.8 Å². The maximum Gasteiger partial charge on any atom is 0.119 e. The summed E-state index contributed by atoms with van der Waals surface area (Å²) < 4.78 is 10.6. The Kier molecular flexibility index (Phi) is 3.01. The third-order valence-corrected chi connectivity index (χ3v) is 2.19. The van der Waals surface area contributed by atoms with Gasteiger partial charge in [-0.2, -0.15) is 0 Å². The maximum absolute atomic E-state index is 5.51. The lowest BCUT2D eigenvalue weighted by Crippen LogP contribution is -2.05. The number of nitrogens with two attached hydrogens (primary N) is 1. The first kappa shape index (κ1) is 9.49. The minimum atomic E-state index is 0.318. The van der Waals surface area contributed by atoms with E-state index in [9.17, 15) is 0 Å². The number of hydrogen-bond acceptors (Lipinski definition) is 3. The normalized spacial score (nSPS) is 19.4. The predicted octanol–water partition coefficient (Wildman–Crippen LogP) is 0.965. The molecule has 1 unspecified atom stereocenters. The lowest BCUT2D eigenvalue weighted by atomic mass is 10.1. The van der Waals surface area contributed by atoms with E-state index in [0.717, 1.165) is 18.8 Å². The van der Waals surface area contributed by atoms with Crippen LogP contribution in [0.4, 0.5) is 0 Å². The molecule has 14 heavy (non-hydrogen) atoms. The summed E-state index contributed by atoms with van der Waals surface area (Å²) in [5.41, 5.74) is 6.71. The molecule has 0 radical (unpaired) electrons. The van der Waals surface area contributed by atoms with Crippen molar-refractivity contribution in [1.82, 2.24) is 0 Å². The lowest BCUT2D eigenvalue weighted by molar-refractivity contribution is 0.263. The van der Waals surface area contributed by atoms with Gasteiger partial charge in [0, 0.05) is 0 Å². The van der Waals surface area contributed by atoms with Gasteiger partial charge in [0.15, 0.2) is 0 Å². The Morgan fingerprint density at radius 1 is 1.36 bits per heavy atom. The fourth-order valence-electron chi connectivity index (χ4n) is 1.27. The van der Waals surface area contributed by atoms with Crippen molar-refractivity contribution in [2.45, 2.75) is 12.5 Å². The van der Waals surface area contributed by atoms with Crippen LogP contribution >= 0.6 is 0 Å². The minimum absolute atomic E-state index is 0.318. The van der Waals surface area contributed by atoms with Crippen LogP contribution in [0.5, 0.6) is 5.75 Å². The van der Waals surface area contributed by atoms with Crippen LogP contribution in [-0.4, -0.2) is 25.9 Å². The second-order valence-corrected chi connectivity index (χ2v) is 3.45. The number of ether oxygens (including phenoxy) is 2. The third kappa shape index (κ3) is 2.72. The molecule has 1 aromatic rings. The first-order valence-corrected chi connectivity index (χ1v) is 4.92. The van der Waals surface area contributed by atoms with Gasteiger partial charge in [0.05, 0.1) is 6.61 Å². The highest BCUT2D eigenvalue weighted by atomic mass is 16.6. The highest BCUT2D eigenvalue weighted by molar-refractivity contribution is 5.27. The van der Waals surface area contributed by atoms with Crippen LogP contribution in [0.15, 0.2) is 24.3 Å². The molecule has 3 nitrogen and oxygen atoms in total. The molecule has 1 fully saturated rings. The molecule has 0 aromatic heterocycles. The predicted molar refractivity (Wildman–Crippen MR) is 54.4 cm³/mol. The molecule has 76 valence electrons. The zero-order chi connectivity index (χ0) is 9.80. The molecule has 0 aliphatic carbocycles. The molecule has 0 bridgehead atoms. The largest absolute Gasteiger partial charge is 0.491 e. The van der Waals surface area contributed by atoms with Crippen LogP contribution in [0, 0.1) is 0 Å². The Morgan fingerprint density at radius 2 is 2.07 bits per heavy atom. The topological polar surface area (TPSA) is 47.8 Å². The molecule has 2 rings (SSSR count). The highest BCUT2D eigenvalue weighted by Gasteiger charge is 2.22. The molecule has 2 N–H and O–H groups in total. The maximum atomic E-state index is 5.51. The molecular formula is C11H15NO2. The van der Waals surface area contributed by atoms with Crippen molar-refractivity contribution in [2.24, 2.45) is 5.73 Å². The molecule has 1 aliphatic rings. The quantitative estimate of drug-likeness (QED) is 0.709. The van der Waals surface area contributed by atoms with Crippen LogP contribution in [0.1, 0.15) is 5.56 Å². The van der Waals surface area contributed by atoms with Gasteiger partial charge in [-0.25, -0.2) is 0 Å². The Balaban J connectivity index is 1.84. The van der Waals surface area contributed by atoms with Gasteiger partial charge >= 0.3 is 0 Å². The fraction of sp³-hybridized carbons (Fsp3) is 0.455. The number of epoxide rings is 1. The van der Waals surface area contributed by atoms with E-state index >= 15 is 0 Å². The Labute approximate surface area is 83.8 Å². The van der Waals surface area contributed by atoms with Crippen molar-refractivity contribution >= 4 is 0 Å². The van der Waals surface area contributed by atoms with E-state index in [1.165, 1.54) is 5.56 Å². The van der Waals surface area contributed by atoms with Gasteiger partial charge < -0.3 is 15.2 Å². The minimum Gasteiger partial charge on any atom is -0.491 e. The van der Waals surface area contributed by atoms with E-state index in [0.29, 0.717) is 19.3 Å². The summed E-state index contributed by atoms with van der Waals surface area (Å²) in [7, 11) is 0. The van der Waals surface area contributed by atoms with Gasteiger partial charge in [-0.1, -0.05) is 12.1 Å². The molecule has 1 aromatic carbocycles. The Bertz CT molecular complexity index is 280. The smallest absolute Gasteiger partial charge is 0.119 e. The molecule has 1 atom stereocenters. The van der Waals surface area contributed by atoms with Crippen LogP contribution in [0.25, 0.3) is 0 Å². The van der Waals surface area contributed by atoms with Crippen molar-refractivity contribution in [3.8, 4) is 5.75 Å². The van der Waals surface area contributed by atoms with Crippen molar-refractivity contribution in [3.63, 3.8) is 0 Å². The summed E-state index contributed by atoms with van der Waals surface area (Å²) in [5, 5.41) is 0. The fourth-order valence-corrected chi connectivity index (χ4v) is 1.27. The van der Waals surface area contributed by atoms with E-state index in [2.05, 4.69) is 12.1 Å². The summed E-state index contributed by atoms with van der Waals surface area (Å²) in [6, 6.07) is 8.06. The molecule has 1 saturated heterocycles. The average Bonchev–Trinajstić information content (AvgIpc) is 3.01. The average molecular weight is 193 g/mol. The van der Waals surface area contributed by atoms with Crippen LogP contribution < -0.4 is 10.5 Å². The van der Waals surface area contributed by atoms with Gasteiger partial charge in [-0.3, -0.25) is 0 Å². The van der Waals surface area contributed by atoms with Gasteiger partial charge in [0.1, 0.15) is 18.5 Å². The SMILES string of the molecule is NCCc1ccc(OCC2CO2)cc1. The molecular weight excluding hydrogens is 178 g/mol. The second kappa shape index (κ2) is 4.44. The molecule has 1 heterocycles. The first-order valence-electron chi connectivity index (χ1n) is 4.92.